The molecule has 0 spiro atoms. The van der Waals surface area contributed by atoms with Gasteiger partial charge in [0.2, 0.25) is 5.95 Å². The van der Waals surface area contributed by atoms with Crippen LogP contribution < -0.4 is 10.1 Å². The van der Waals surface area contributed by atoms with Gasteiger partial charge in [-0.25, -0.2) is 15.0 Å². The number of imidazole rings is 2. The van der Waals surface area contributed by atoms with Gasteiger partial charge in [0.1, 0.15) is 28.5 Å². The summed E-state index contributed by atoms with van der Waals surface area (Å²) in [5, 5.41) is 8.81. The predicted molar refractivity (Wildman–Crippen MR) is 178 cm³/mol. The number of rotatable bonds is 9. The topological polar surface area (TPSA) is 118 Å². The minimum absolute atomic E-state index is 0.0730. The van der Waals surface area contributed by atoms with Crippen molar-refractivity contribution in [2.45, 2.75) is 63.7 Å². The maximum atomic E-state index is 6.93. The van der Waals surface area contributed by atoms with Crippen LogP contribution in [0.1, 0.15) is 62.7 Å². The van der Waals surface area contributed by atoms with Gasteiger partial charge in [-0.1, -0.05) is 62.7 Å². The van der Waals surface area contributed by atoms with Crippen LogP contribution in [0.25, 0.3) is 16.8 Å². The first-order valence-corrected chi connectivity index (χ1v) is 16.2. The van der Waals surface area contributed by atoms with Gasteiger partial charge in [0.15, 0.2) is 28.6 Å². The van der Waals surface area contributed by atoms with Gasteiger partial charge in [0.05, 0.1) is 44.6 Å². The highest BCUT2D eigenvalue weighted by Gasteiger charge is 2.35. The average Bonchev–Trinajstić information content (AvgIpc) is 3.36. The molecule has 0 unspecified atom stereocenters. The Morgan fingerprint density at radius 3 is 2.66 bits per heavy atom. The minimum atomic E-state index is -0.184. The van der Waals surface area contributed by atoms with Crippen molar-refractivity contribution in [3.63, 3.8) is 0 Å². The van der Waals surface area contributed by atoms with Gasteiger partial charge < -0.3 is 24.1 Å². The molecule has 1 N–H and O–H groups in total. The molecule has 2 fully saturated rings. The van der Waals surface area contributed by atoms with Crippen molar-refractivity contribution in [1.82, 2.24) is 38.7 Å². The number of hydrogen-bond donors (Lipinski definition) is 1. The number of hydrogen-bond acceptors (Lipinski definition) is 9. The SMILES string of the molecule is Cn1c(Nc2cc(C(C)(C)C)n([C@@H]3COC[C@H]3OCc3ccccc3)n2)nc2ncc(Oc3cnc4cnc(C5CC5)n4c3)c(Cl)c21. The van der Waals surface area contributed by atoms with Crippen molar-refractivity contribution >= 4 is 40.2 Å². The number of pyridine rings is 1. The summed E-state index contributed by atoms with van der Waals surface area (Å²) in [6.07, 6.45) is 9.09. The van der Waals surface area contributed by atoms with Gasteiger partial charge in [-0.2, -0.15) is 10.1 Å². The number of aryl methyl sites for hydroxylation is 1. The van der Waals surface area contributed by atoms with E-state index in [1.54, 1.807) is 18.6 Å². The third-order valence-corrected chi connectivity index (χ3v) is 9.09. The Balaban J connectivity index is 1.06. The maximum Gasteiger partial charge on any atom is 0.210 e. The maximum absolute atomic E-state index is 6.93. The third-order valence-electron chi connectivity index (χ3n) is 8.73. The predicted octanol–water partition coefficient (Wildman–Crippen LogP) is 6.73. The van der Waals surface area contributed by atoms with Gasteiger partial charge in [-0.15, -0.1) is 0 Å². The summed E-state index contributed by atoms with van der Waals surface area (Å²) in [4.78, 5) is 18.4. The molecule has 1 saturated carbocycles. The highest BCUT2D eigenvalue weighted by Crippen LogP contribution is 2.40. The van der Waals surface area contributed by atoms with Gasteiger partial charge in [0, 0.05) is 30.1 Å². The van der Waals surface area contributed by atoms with Crippen LogP contribution in [-0.2, 0) is 28.5 Å². The van der Waals surface area contributed by atoms with E-state index in [4.69, 9.17) is 35.9 Å². The molecule has 13 heteroatoms. The number of nitrogens with one attached hydrogen (secondary N) is 1. The quantitative estimate of drug-likeness (QED) is 0.181. The fraction of sp³-hybridized carbons (Fsp3) is 0.382. The fourth-order valence-corrected chi connectivity index (χ4v) is 6.37. The first-order chi connectivity index (χ1) is 22.7. The highest BCUT2D eigenvalue weighted by molar-refractivity contribution is 6.36. The molecule has 47 heavy (non-hydrogen) atoms. The molecule has 6 aromatic rings. The van der Waals surface area contributed by atoms with Crippen LogP contribution in [0.5, 0.6) is 11.5 Å². The minimum Gasteiger partial charge on any atom is -0.451 e. The zero-order valence-electron chi connectivity index (χ0n) is 26.7. The van der Waals surface area contributed by atoms with Crippen LogP contribution in [-0.4, -0.2) is 58.0 Å². The summed E-state index contributed by atoms with van der Waals surface area (Å²) in [6.45, 7) is 8.06. The van der Waals surface area contributed by atoms with E-state index in [1.807, 2.05) is 45.1 Å². The van der Waals surface area contributed by atoms with E-state index in [-0.39, 0.29) is 17.6 Å². The summed E-state index contributed by atoms with van der Waals surface area (Å²) < 4.78 is 24.3. The van der Waals surface area contributed by atoms with Crippen molar-refractivity contribution in [3.8, 4) is 11.5 Å². The highest BCUT2D eigenvalue weighted by atomic mass is 35.5. The van der Waals surface area contributed by atoms with Crippen molar-refractivity contribution in [1.29, 1.82) is 0 Å². The van der Waals surface area contributed by atoms with Crippen molar-refractivity contribution in [3.05, 3.63) is 83.3 Å². The first-order valence-electron chi connectivity index (χ1n) is 15.8. The summed E-state index contributed by atoms with van der Waals surface area (Å²) in [7, 11) is 1.88. The molecular formula is C34H36ClN9O3. The molecule has 1 aliphatic heterocycles. The van der Waals surface area contributed by atoms with E-state index in [1.165, 1.54) is 0 Å². The van der Waals surface area contributed by atoms with Gasteiger partial charge in [-0.3, -0.25) is 9.08 Å². The number of halogens is 1. The van der Waals surface area contributed by atoms with Gasteiger partial charge >= 0.3 is 0 Å². The average molecular weight is 654 g/mol. The Labute approximate surface area is 276 Å². The molecule has 8 rings (SSSR count). The first kappa shape index (κ1) is 29.9. The summed E-state index contributed by atoms with van der Waals surface area (Å²) in [5.74, 6) is 3.64. The van der Waals surface area contributed by atoms with Crippen LogP contribution in [0, 0.1) is 0 Å². The van der Waals surface area contributed by atoms with Crippen molar-refractivity contribution in [2.75, 3.05) is 18.5 Å². The molecule has 2 aliphatic rings. The van der Waals surface area contributed by atoms with Crippen molar-refractivity contribution < 1.29 is 14.2 Å². The zero-order chi connectivity index (χ0) is 32.3. The van der Waals surface area contributed by atoms with Crippen LogP contribution >= 0.6 is 11.6 Å². The number of fused-ring (bicyclic) bond motifs is 2. The van der Waals surface area contributed by atoms with E-state index in [0.717, 1.165) is 35.6 Å². The molecule has 1 aliphatic carbocycles. The monoisotopic (exact) mass is 653 g/mol. The standard InChI is InChI=1S/C34H36ClN9O3/c1-34(2,3)26-12-27(41-44(26)23-18-45-19-25(23)46-17-20-8-6-5-7-9-20)39-33-40-31-30(42(33)4)29(35)24(14-37-31)47-22-13-36-28-15-38-32(21-10-11-21)43(28)16-22/h5-9,12-16,21,23,25H,10-11,17-19H2,1-4H3,(H,37,39,40,41)/t23-,25-/m1/s1. The Morgan fingerprint density at radius 2 is 1.87 bits per heavy atom. The normalized spacial score (nSPS) is 18.4. The molecule has 242 valence electrons. The second-order valence-corrected chi connectivity index (χ2v) is 13.7. The lowest BCUT2D eigenvalue weighted by Crippen LogP contribution is -2.30. The molecule has 0 amide bonds. The molecule has 1 saturated heterocycles. The Bertz CT molecular complexity index is 2080. The summed E-state index contributed by atoms with van der Waals surface area (Å²) in [6, 6.07) is 12.2. The lowest BCUT2D eigenvalue weighted by Gasteiger charge is -2.26. The molecule has 5 aromatic heterocycles. The number of aromatic nitrogens is 8. The molecule has 6 heterocycles. The van der Waals surface area contributed by atoms with E-state index in [9.17, 15) is 0 Å². The molecule has 1 aromatic carbocycles. The molecule has 2 atom stereocenters. The molecule has 0 bridgehead atoms. The van der Waals surface area contributed by atoms with E-state index in [0.29, 0.717) is 65.2 Å². The van der Waals surface area contributed by atoms with Gasteiger partial charge in [0.25, 0.3) is 0 Å². The number of anilines is 2. The van der Waals surface area contributed by atoms with Crippen LogP contribution in [0.3, 0.4) is 0 Å². The second kappa shape index (κ2) is 11.6. The number of benzene rings is 1. The van der Waals surface area contributed by atoms with Crippen LogP contribution in [0.2, 0.25) is 5.02 Å². The summed E-state index contributed by atoms with van der Waals surface area (Å²) >= 11 is 6.93. The Hall–Kier alpha value is -4.52. The van der Waals surface area contributed by atoms with E-state index < -0.39 is 0 Å². The molecule has 0 radical (unpaired) electrons. The molecule has 12 nitrogen and oxygen atoms in total. The summed E-state index contributed by atoms with van der Waals surface area (Å²) in [5.41, 5.74) is 3.91. The zero-order valence-corrected chi connectivity index (χ0v) is 27.5. The largest absolute Gasteiger partial charge is 0.451 e. The lowest BCUT2D eigenvalue weighted by molar-refractivity contribution is 0.0143. The van der Waals surface area contributed by atoms with E-state index in [2.05, 4.69) is 59.2 Å². The lowest BCUT2D eigenvalue weighted by atomic mass is 9.91. The fourth-order valence-electron chi connectivity index (χ4n) is 6.07. The number of nitrogens with zero attached hydrogens (tertiary/aromatic N) is 8. The van der Waals surface area contributed by atoms with Crippen molar-refractivity contribution in [2.24, 2.45) is 7.05 Å². The smallest absolute Gasteiger partial charge is 0.210 e. The third kappa shape index (κ3) is 5.70. The van der Waals surface area contributed by atoms with Gasteiger partial charge in [-0.05, 0) is 18.4 Å². The van der Waals surface area contributed by atoms with E-state index >= 15 is 0 Å². The number of ether oxygens (including phenoxy) is 3. The van der Waals surface area contributed by atoms with Crippen LogP contribution in [0.4, 0.5) is 11.8 Å². The second-order valence-electron chi connectivity index (χ2n) is 13.3. The van der Waals surface area contributed by atoms with Crippen LogP contribution in [0.15, 0.2) is 61.2 Å². The molecular weight excluding hydrogens is 618 g/mol. The Morgan fingerprint density at radius 1 is 1.04 bits per heavy atom. The Kier molecular flexibility index (Phi) is 7.38.